The van der Waals surface area contributed by atoms with E-state index in [0.717, 1.165) is 33.4 Å². The van der Waals surface area contributed by atoms with Crippen LogP contribution in [0.1, 0.15) is 12.0 Å². The van der Waals surface area contributed by atoms with Crippen LogP contribution in [0.15, 0.2) is 39.4 Å². The van der Waals surface area contributed by atoms with Crippen molar-refractivity contribution in [1.82, 2.24) is 4.98 Å². The molecule has 1 aliphatic heterocycles. The minimum absolute atomic E-state index is 0.826. The first-order valence-electron chi connectivity index (χ1n) is 6.17. The van der Waals surface area contributed by atoms with Gasteiger partial charge in [0.25, 0.3) is 0 Å². The van der Waals surface area contributed by atoms with Crippen LogP contribution in [0.4, 0.5) is 17.2 Å². The van der Waals surface area contributed by atoms with Gasteiger partial charge in [-0.05, 0) is 74.5 Å². The molecule has 1 aromatic carbocycles. The van der Waals surface area contributed by atoms with Gasteiger partial charge in [0.15, 0.2) is 0 Å². The topological polar surface area (TPSA) is 37.0 Å². The Morgan fingerprint density at radius 2 is 2.11 bits per heavy atom. The van der Waals surface area contributed by atoms with Crippen LogP contribution in [-0.2, 0) is 6.42 Å². The highest BCUT2D eigenvalue weighted by Gasteiger charge is 2.09. The van der Waals surface area contributed by atoms with E-state index in [2.05, 4.69) is 65.7 Å². The number of halogens is 2. The first kappa shape index (κ1) is 12.9. The molecule has 1 aromatic heterocycles. The molecule has 2 heterocycles. The molecular formula is C14H13Br2N3. The number of fused-ring (bicyclic) bond motifs is 1. The molecule has 5 heteroatoms. The molecule has 0 radical (unpaired) electrons. The lowest BCUT2D eigenvalue weighted by atomic mass is 10.0. The Kier molecular flexibility index (Phi) is 3.75. The smallest absolute Gasteiger partial charge is 0.144 e. The van der Waals surface area contributed by atoms with Crippen molar-refractivity contribution in [2.24, 2.45) is 0 Å². The fourth-order valence-corrected chi connectivity index (χ4v) is 3.28. The molecule has 2 N–H and O–H groups in total. The van der Waals surface area contributed by atoms with Crippen LogP contribution in [0.2, 0.25) is 0 Å². The van der Waals surface area contributed by atoms with Crippen molar-refractivity contribution in [2.75, 3.05) is 17.2 Å². The average Bonchev–Trinajstić information content (AvgIpc) is 2.42. The third-order valence-corrected chi connectivity index (χ3v) is 4.15. The summed E-state index contributed by atoms with van der Waals surface area (Å²) in [5, 5.41) is 6.76. The molecule has 1 aliphatic rings. The predicted octanol–water partition coefficient (Wildman–Crippen LogP) is 4.71. The lowest BCUT2D eigenvalue weighted by Gasteiger charge is -2.19. The number of nitrogens with zero attached hydrogens (tertiary/aromatic N) is 1. The van der Waals surface area contributed by atoms with Gasteiger partial charge < -0.3 is 10.6 Å². The molecule has 0 unspecified atom stereocenters. The largest absolute Gasteiger partial charge is 0.385 e. The van der Waals surface area contributed by atoms with E-state index in [-0.39, 0.29) is 0 Å². The van der Waals surface area contributed by atoms with Gasteiger partial charge in [-0.25, -0.2) is 4.98 Å². The number of aromatic nitrogens is 1. The normalized spacial score (nSPS) is 13.6. The molecule has 0 spiro atoms. The van der Waals surface area contributed by atoms with E-state index in [0.29, 0.717) is 0 Å². The number of hydrogen-bond acceptors (Lipinski definition) is 3. The SMILES string of the molecule is Brc1cnc(Nc2ccc3c(c2)CCCN3)c(Br)c1. The summed E-state index contributed by atoms with van der Waals surface area (Å²) in [5.74, 6) is 0.826. The van der Waals surface area contributed by atoms with E-state index in [4.69, 9.17) is 0 Å². The van der Waals surface area contributed by atoms with E-state index >= 15 is 0 Å². The van der Waals surface area contributed by atoms with Crippen LogP contribution in [0, 0.1) is 0 Å². The Labute approximate surface area is 129 Å². The van der Waals surface area contributed by atoms with Gasteiger partial charge in [0.1, 0.15) is 5.82 Å². The van der Waals surface area contributed by atoms with E-state index in [1.54, 1.807) is 6.20 Å². The number of rotatable bonds is 2. The molecular weight excluding hydrogens is 370 g/mol. The fourth-order valence-electron chi connectivity index (χ4n) is 2.20. The van der Waals surface area contributed by atoms with Crippen molar-refractivity contribution in [1.29, 1.82) is 0 Å². The zero-order chi connectivity index (χ0) is 13.2. The number of benzene rings is 1. The van der Waals surface area contributed by atoms with Gasteiger partial charge in [-0.15, -0.1) is 0 Å². The Balaban J connectivity index is 1.87. The summed E-state index contributed by atoms with van der Waals surface area (Å²) in [4.78, 5) is 4.36. The lowest BCUT2D eigenvalue weighted by molar-refractivity contribution is 0.830. The molecule has 3 rings (SSSR count). The van der Waals surface area contributed by atoms with Crippen molar-refractivity contribution in [3.05, 3.63) is 45.0 Å². The Morgan fingerprint density at radius 3 is 2.95 bits per heavy atom. The van der Waals surface area contributed by atoms with Crippen molar-refractivity contribution >= 4 is 49.1 Å². The summed E-state index contributed by atoms with van der Waals surface area (Å²) >= 11 is 6.91. The number of nitrogens with one attached hydrogen (secondary N) is 2. The van der Waals surface area contributed by atoms with Gasteiger partial charge in [0, 0.05) is 28.6 Å². The summed E-state index contributed by atoms with van der Waals surface area (Å²) in [6.45, 7) is 1.07. The zero-order valence-electron chi connectivity index (χ0n) is 10.2. The zero-order valence-corrected chi connectivity index (χ0v) is 13.4. The Hall–Kier alpha value is -1.07. The van der Waals surface area contributed by atoms with Crippen LogP contribution < -0.4 is 10.6 Å². The summed E-state index contributed by atoms with van der Waals surface area (Å²) in [7, 11) is 0. The standard InChI is InChI=1S/C14H13Br2N3/c15-10-7-12(16)14(18-8-10)19-11-3-4-13-9(6-11)2-1-5-17-13/h3-4,6-8,17H,1-2,5H2,(H,18,19). The molecule has 0 bridgehead atoms. The average molecular weight is 383 g/mol. The summed E-state index contributed by atoms with van der Waals surface area (Å²) in [6.07, 6.45) is 4.11. The van der Waals surface area contributed by atoms with Crippen molar-refractivity contribution in [3.63, 3.8) is 0 Å². The molecule has 0 aliphatic carbocycles. The van der Waals surface area contributed by atoms with Crippen LogP contribution in [0.25, 0.3) is 0 Å². The molecule has 0 atom stereocenters. The lowest BCUT2D eigenvalue weighted by Crippen LogP contribution is -2.11. The first-order valence-corrected chi connectivity index (χ1v) is 7.76. The summed E-state index contributed by atoms with van der Waals surface area (Å²) < 4.78 is 1.90. The third kappa shape index (κ3) is 2.92. The second-order valence-electron chi connectivity index (χ2n) is 4.51. The van der Waals surface area contributed by atoms with Crippen LogP contribution >= 0.6 is 31.9 Å². The van der Waals surface area contributed by atoms with Gasteiger partial charge in [0.05, 0.1) is 4.47 Å². The van der Waals surface area contributed by atoms with E-state index in [9.17, 15) is 0 Å². The molecule has 0 fully saturated rings. The Bertz CT molecular complexity index is 614. The van der Waals surface area contributed by atoms with E-state index < -0.39 is 0 Å². The van der Waals surface area contributed by atoms with Gasteiger partial charge in [-0.2, -0.15) is 0 Å². The minimum Gasteiger partial charge on any atom is -0.385 e. The van der Waals surface area contributed by atoms with Crippen LogP contribution in [0.3, 0.4) is 0 Å². The van der Waals surface area contributed by atoms with E-state index in [1.807, 2.05) is 6.07 Å². The fraction of sp³-hybridized carbons (Fsp3) is 0.214. The van der Waals surface area contributed by atoms with Crippen molar-refractivity contribution < 1.29 is 0 Å². The van der Waals surface area contributed by atoms with Crippen LogP contribution in [-0.4, -0.2) is 11.5 Å². The monoisotopic (exact) mass is 381 g/mol. The van der Waals surface area contributed by atoms with Gasteiger partial charge in [-0.3, -0.25) is 0 Å². The summed E-state index contributed by atoms with van der Waals surface area (Å²) in [5.41, 5.74) is 3.68. The van der Waals surface area contributed by atoms with Gasteiger partial charge in [0.2, 0.25) is 0 Å². The molecule has 3 nitrogen and oxygen atoms in total. The maximum Gasteiger partial charge on any atom is 0.144 e. The van der Waals surface area contributed by atoms with E-state index in [1.165, 1.54) is 17.7 Å². The molecule has 0 amide bonds. The number of anilines is 3. The molecule has 0 saturated heterocycles. The molecule has 19 heavy (non-hydrogen) atoms. The van der Waals surface area contributed by atoms with Crippen LogP contribution in [0.5, 0.6) is 0 Å². The second kappa shape index (κ2) is 5.51. The highest BCUT2D eigenvalue weighted by Crippen LogP contribution is 2.29. The predicted molar refractivity (Wildman–Crippen MR) is 86.2 cm³/mol. The summed E-state index contributed by atoms with van der Waals surface area (Å²) in [6, 6.07) is 8.38. The second-order valence-corrected chi connectivity index (χ2v) is 6.28. The maximum atomic E-state index is 4.36. The highest BCUT2D eigenvalue weighted by atomic mass is 79.9. The first-order chi connectivity index (χ1) is 9.22. The van der Waals surface area contributed by atoms with Gasteiger partial charge in [-0.1, -0.05) is 0 Å². The molecule has 98 valence electrons. The number of pyridine rings is 1. The highest BCUT2D eigenvalue weighted by molar-refractivity contribution is 9.11. The minimum atomic E-state index is 0.826. The van der Waals surface area contributed by atoms with Crippen molar-refractivity contribution in [2.45, 2.75) is 12.8 Å². The Morgan fingerprint density at radius 1 is 1.21 bits per heavy atom. The van der Waals surface area contributed by atoms with Gasteiger partial charge >= 0.3 is 0 Å². The number of hydrogen-bond donors (Lipinski definition) is 2. The van der Waals surface area contributed by atoms with Crippen molar-refractivity contribution in [3.8, 4) is 0 Å². The number of aryl methyl sites for hydroxylation is 1. The molecule has 2 aromatic rings. The molecule has 0 saturated carbocycles. The third-order valence-electron chi connectivity index (χ3n) is 3.11. The quantitative estimate of drug-likeness (QED) is 0.789. The maximum absolute atomic E-state index is 4.36.